The van der Waals surface area contributed by atoms with E-state index in [4.69, 9.17) is 4.74 Å². The van der Waals surface area contributed by atoms with Crippen LogP contribution in [0.25, 0.3) is 16.6 Å². The number of carbonyl (C=O) groups is 1. The van der Waals surface area contributed by atoms with E-state index in [1.54, 1.807) is 20.8 Å². The first-order chi connectivity index (χ1) is 15.2. The number of nitrogens with zero attached hydrogens (tertiary/aromatic N) is 2. The molecule has 0 aliphatic heterocycles. The molecule has 3 rings (SSSR count). The number of carbonyl (C=O) groups excluding carboxylic acids is 1. The van der Waals surface area contributed by atoms with E-state index in [-0.39, 0.29) is 21.6 Å². The van der Waals surface area contributed by atoms with Crippen molar-refractivity contribution in [2.24, 2.45) is 0 Å². The minimum Gasteiger partial charge on any atom is -0.444 e. The van der Waals surface area contributed by atoms with Crippen LogP contribution in [0.3, 0.4) is 0 Å². The van der Waals surface area contributed by atoms with Crippen molar-refractivity contribution in [2.45, 2.75) is 44.2 Å². The average Bonchev–Trinajstić information content (AvgIpc) is 2.66. The largest absolute Gasteiger partial charge is 0.444 e. The number of nitrogens with one attached hydrogen (secondary N) is 1. The van der Waals surface area contributed by atoms with Gasteiger partial charge in [-0.15, -0.1) is 0 Å². The van der Waals surface area contributed by atoms with E-state index >= 15 is 0 Å². The number of amides is 1. The third kappa shape index (κ3) is 5.03. The molecular weight excluding hydrogens is 456 g/mol. The van der Waals surface area contributed by atoms with Gasteiger partial charge in [-0.05, 0) is 52.0 Å². The van der Waals surface area contributed by atoms with Gasteiger partial charge in [0.25, 0.3) is 5.56 Å². The van der Waals surface area contributed by atoms with E-state index in [0.717, 1.165) is 24.5 Å². The smallest absolute Gasteiger partial charge is 0.408 e. The summed E-state index contributed by atoms with van der Waals surface area (Å²) in [7, 11) is -3.87. The Morgan fingerprint density at radius 3 is 2.24 bits per heavy atom. The molecule has 0 spiro atoms. The van der Waals surface area contributed by atoms with Crippen LogP contribution in [0.2, 0.25) is 0 Å². The van der Waals surface area contributed by atoms with Gasteiger partial charge < -0.3 is 10.1 Å². The second-order valence-electron chi connectivity index (χ2n) is 8.47. The van der Waals surface area contributed by atoms with E-state index in [9.17, 15) is 26.8 Å². The van der Waals surface area contributed by atoms with Crippen LogP contribution in [0.4, 0.5) is 13.6 Å². The van der Waals surface area contributed by atoms with E-state index in [1.165, 1.54) is 25.1 Å². The molecule has 0 aliphatic rings. The van der Waals surface area contributed by atoms with Crippen molar-refractivity contribution in [3.63, 3.8) is 0 Å². The Morgan fingerprint density at radius 1 is 1.12 bits per heavy atom. The highest BCUT2D eigenvalue weighted by Gasteiger charge is 2.27. The maximum atomic E-state index is 14.7. The number of ether oxygens (including phenoxy) is 1. The van der Waals surface area contributed by atoms with Crippen molar-refractivity contribution in [2.75, 3.05) is 6.26 Å². The van der Waals surface area contributed by atoms with Crippen LogP contribution in [-0.4, -0.2) is 35.9 Å². The second-order valence-corrected chi connectivity index (χ2v) is 10.5. The molecule has 33 heavy (non-hydrogen) atoms. The lowest BCUT2D eigenvalue weighted by atomic mass is 10.2. The fraction of sp³-hybridized carbons (Fsp3) is 0.318. The summed E-state index contributed by atoms with van der Waals surface area (Å²) in [4.78, 5) is 29.8. The number of hydrogen-bond donors (Lipinski definition) is 1. The Hall–Kier alpha value is -3.34. The fourth-order valence-electron chi connectivity index (χ4n) is 3.28. The number of rotatable bonds is 4. The predicted molar refractivity (Wildman–Crippen MR) is 118 cm³/mol. The van der Waals surface area contributed by atoms with Crippen LogP contribution >= 0.6 is 0 Å². The molecule has 176 valence electrons. The van der Waals surface area contributed by atoms with Crippen LogP contribution < -0.4 is 10.9 Å². The van der Waals surface area contributed by atoms with Gasteiger partial charge in [0.05, 0.1) is 21.8 Å². The number of benzene rings is 2. The number of para-hydroxylation sites is 1. The zero-order valence-corrected chi connectivity index (χ0v) is 19.5. The third-order valence-electron chi connectivity index (χ3n) is 4.57. The molecule has 8 nitrogen and oxygen atoms in total. The molecule has 3 aromatic rings. The van der Waals surface area contributed by atoms with E-state index < -0.39 is 50.5 Å². The van der Waals surface area contributed by atoms with Gasteiger partial charge in [0.2, 0.25) is 0 Å². The fourth-order valence-corrected chi connectivity index (χ4v) is 4.17. The van der Waals surface area contributed by atoms with Crippen LogP contribution in [0.15, 0.2) is 46.1 Å². The molecule has 0 radical (unpaired) electrons. The number of alkyl carbamates (subject to hydrolysis) is 1. The highest BCUT2D eigenvalue weighted by molar-refractivity contribution is 7.91. The standard InChI is InChI=1S/C22H23F2N3O5S/c1-12(25-21(29)32-22(2,3)4)19-26-15-10-7-11-16(33(5,30)31)17(15)20(28)27(19)18-13(23)8-6-9-14(18)24/h6-12H,1-5H3,(H,25,29)/t12-/m0/s1. The predicted octanol–water partition coefficient (Wildman–Crippen LogP) is 3.65. The van der Waals surface area contributed by atoms with Crippen molar-refractivity contribution < 1.29 is 26.7 Å². The molecule has 0 saturated heterocycles. The van der Waals surface area contributed by atoms with Crippen molar-refractivity contribution in [3.05, 3.63) is 64.2 Å². The first kappa shape index (κ1) is 24.3. The van der Waals surface area contributed by atoms with Crippen molar-refractivity contribution in [1.82, 2.24) is 14.9 Å². The lowest BCUT2D eigenvalue weighted by Crippen LogP contribution is -2.37. The van der Waals surface area contributed by atoms with Gasteiger partial charge in [0.15, 0.2) is 9.84 Å². The van der Waals surface area contributed by atoms with Crippen LogP contribution in [0, 0.1) is 11.6 Å². The number of sulfone groups is 1. The first-order valence-corrected chi connectivity index (χ1v) is 11.8. The van der Waals surface area contributed by atoms with Gasteiger partial charge in [-0.2, -0.15) is 0 Å². The minimum absolute atomic E-state index is 0.0104. The summed E-state index contributed by atoms with van der Waals surface area (Å²) in [6.07, 6.45) is 0.0744. The minimum atomic E-state index is -3.87. The Bertz CT molecular complexity index is 1390. The molecule has 0 fully saturated rings. The summed E-state index contributed by atoms with van der Waals surface area (Å²) in [6.45, 7) is 6.42. The number of aromatic nitrogens is 2. The highest BCUT2D eigenvalue weighted by atomic mass is 32.2. The van der Waals surface area contributed by atoms with Gasteiger partial charge in [-0.3, -0.25) is 9.36 Å². The molecular formula is C22H23F2N3O5S. The second kappa shape index (κ2) is 8.54. The summed E-state index contributed by atoms with van der Waals surface area (Å²) in [6, 6.07) is 5.99. The van der Waals surface area contributed by atoms with Crippen LogP contribution in [-0.2, 0) is 14.6 Å². The van der Waals surface area contributed by atoms with Crippen molar-refractivity contribution in [3.8, 4) is 5.69 Å². The molecule has 0 aliphatic carbocycles. The third-order valence-corrected chi connectivity index (χ3v) is 5.71. The van der Waals surface area contributed by atoms with Gasteiger partial charge in [0, 0.05) is 6.26 Å². The van der Waals surface area contributed by atoms with Crippen molar-refractivity contribution >= 4 is 26.8 Å². The molecule has 1 atom stereocenters. The molecule has 1 amide bonds. The maximum absolute atomic E-state index is 14.7. The highest BCUT2D eigenvalue weighted by Crippen LogP contribution is 2.25. The molecule has 0 bridgehead atoms. The topological polar surface area (TPSA) is 107 Å². The van der Waals surface area contributed by atoms with Crippen LogP contribution in [0.5, 0.6) is 0 Å². The molecule has 1 aromatic heterocycles. The summed E-state index contributed by atoms with van der Waals surface area (Å²) in [5.41, 5.74) is -2.57. The van der Waals surface area contributed by atoms with E-state index in [0.29, 0.717) is 4.57 Å². The monoisotopic (exact) mass is 479 g/mol. The lowest BCUT2D eigenvalue weighted by molar-refractivity contribution is 0.0505. The summed E-state index contributed by atoms with van der Waals surface area (Å²) < 4.78 is 59.9. The van der Waals surface area contributed by atoms with Gasteiger partial charge in [-0.1, -0.05) is 12.1 Å². The summed E-state index contributed by atoms with van der Waals surface area (Å²) in [5, 5.41) is 2.17. The zero-order chi connectivity index (χ0) is 24.7. The quantitative estimate of drug-likeness (QED) is 0.612. The average molecular weight is 480 g/mol. The van der Waals surface area contributed by atoms with Gasteiger partial charge in [0.1, 0.15) is 28.7 Å². The van der Waals surface area contributed by atoms with Crippen molar-refractivity contribution in [1.29, 1.82) is 0 Å². The van der Waals surface area contributed by atoms with Gasteiger partial charge in [-0.25, -0.2) is 27.0 Å². The zero-order valence-electron chi connectivity index (χ0n) is 18.6. The van der Waals surface area contributed by atoms with Gasteiger partial charge >= 0.3 is 6.09 Å². The number of fused-ring (bicyclic) bond motifs is 1. The number of hydrogen-bond acceptors (Lipinski definition) is 6. The Kier molecular flexibility index (Phi) is 6.29. The maximum Gasteiger partial charge on any atom is 0.408 e. The lowest BCUT2D eigenvalue weighted by Gasteiger charge is -2.23. The normalized spacial score (nSPS) is 13.1. The molecule has 1 N–H and O–H groups in total. The SMILES string of the molecule is C[C@H](NC(=O)OC(C)(C)C)c1nc2cccc(S(C)(=O)=O)c2c(=O)n1-c1c(F)cccc1F. The first-order valence-electron chi connectivity index (χ1n) is 9.90. The Morgan fingerprint density at radius 2 is 1.70 bits per heavy atom. The molecule has 11 heteroatoms. The Balaban J connectivity index is 2.36. The van der Waals surface area contributed by atoms with E-state index in [2.05, 4.69) is 10.3 Å². The summed E-state index contributed by atoms with van der Waals surface area (Å²) in [5.74, 6) is -2.35. The molecule has 0 unspecified atom stereocenters. The Labute approximate surface area is 189 Å². The molecule has 1 heterocycles. The van der Waals surface area contributed by atoms with E-state index in [1.807, 2.05) is 0 Å². The number of halogens is 2. The van der Waals surface area contributed by atoms with Crippen LogP contribution in [0.1, 0.15) is 39.6 Å². The molecule has 0 saturated carbocycles. The molecule has 2 aromatic carbocycles. The summed E-state index contributed by atoms with van der Waals surface area (Å²) >= 11 is 0.